The van der Waals surface area contributed by atoms with E-state index in [-0.39, 0.29) is 4.90 Å². The molecule has 0 amide bonds. The molecule has 2 saturated heterocycles. The van der Waals surface area contributed by atoms with E-state index >= 15 is 0 Å². The zero-order valence-corrected chi connectivity index (χ0v) is 27.6. The highest BCUT2D eigenvalue weighted by atomic mass is 32.2. The van der Waals surface area contributed by atoms with Crippen LogP contribution in [0.5, 0.6) is 5.75 Å². The summed E-state index contributed by atoms with van der Waals surface area (Å²) in [5.74, 6) is 2.24. The molecule has 0 aliphatic carbocycles. The minimum absolute atomic E-state index is 0.199. The van der Waals surface area contributed by atoms with Crippen molar-refractivity contribution in [1.82, 2.24) is 24.7 Å². The van der Waals surface area contributed by atoms with Gasteiger partial charge in [0.2, 0.25) is 11.9 Å². The lowest BCUT2D eigenvalue weighted by atomic mass is 10.1. The Hall–Kier alpha value is -5.05. The Morgan fingerprint density at radius 2 is 1.25 bits per heavy atom. The van der Waals surface area contributed by atoms with Gasteiger partial charge in [0.05, 0.1) is 49.8 Å². The Morgan fingerprint density at radius 3 is 1.81 bits per heavy atom. The molecule has 0 spiro atoms. The van der Waals surface area contributed by atoms with Crippen molar-refractivity contribution in [2.45, 2.75) is 11.8 Å². The SMILES string of the molecule is COc1ccc(-c2cc(-c3ccc(NS(=O)(=O)c4ccc(C)cc4)cc3)nn2-c2nc(N3CCOCC3)nc(N3CCOCC3)n2)cc1. The van der Waals surface area contributed by atoms with Crippen LogP contribution in [0.15, 0.2) is 83.8 Å². The van der Waals surface area contributed by atoms with Crippen LogP contribution in [0.4, 0.5) is 17.6 Å². The number of ether oxygens (including phenoxy) is 3. The summed E-state index contributed by atoms with van der Waals surface area (Å²) in [5, 5.41) is 5.01. The van der Waals surface area contributed by atoms with Crippen molar-refractivity contribution >= 4 is 27.6 Å². The minimum Gasteiger partial charge on any atom is -0.497 e. The number of nitrogens with zero attached hydrogens (tertiary/aromatic N) is 7. The first-order valence-electron chi connectivity index (χ1n) is 15.7. The Balaban J connectivity index is 1.27. The van der Waals surface area contributed by atoms with Crippen molar-refractivity contribution in [3.8, 4) is 34.2 Å². The van der Waals surface area contributed by atoms with Crippen LogP contribution in [0.1, 0.15) is 5.56 Å². The number of aromatic nitrogens is 5. The molecule has 1 N–H and O–H groups in total. The Kier molecular flexibility index (Phi) is 8.93. The van der Waals surface area contributed by atoms with E-state index in [2.05, 4.69) is 14.5 Å². The summed E-state index contributed by atoms with van der Waals surface area (Å²) in [5.41, 5.74) is 4.53. The number of nitrogens with one attached hydrogen (secondary N) is 1. The Bertz CT molecular complexity index is 1940. The fourth-order valence-corrected chi connectivity index (χ4v) is 6.59. The zero-order chi connectivity index (χ0) is 33.1. The third kappa shape index (κ3) is 6.81. The van der Waals surface area contributed by atoms with Crippen LogP contribution in [0.25, 0.3) is 28.5 Å². The van der Waals surface area contributed by atoms with Gasteiger partial charge in [0.25, 0.3) is 16.0 Å². The highest BCUT2D eigenvalue weighted by molar-refractivity contribution is 7.92. The average molecular weight is 669 g/mol. The zero-order valence-electron chi connectivity index (χ0n) is 26.7. The molecular weight excluding hydrogens is 632 g/mol. The topological polar surface area (TPSA) is 137 Å². The molecule has 0 radical (unpaired) electrons. The van der Waals surface area contributed by atoms with E-state index in [9.17, 15) is 8.42 Å². The number of sulfonamides is 1. The van der Waals surface area contributed by atoms with E-state index < -0.39 is 10.0 Å². The maximum absolute atomic E-state index is 13.0. The van der Waals surface area contributed by atoms with Crippen LogP contribution in [-0.4, -0.2) is 92.9 Å². The Morgan fingerprint density at radius 1 is 0.708 bits per heavy atom. The Labute approximate surface area is 279 Å². The predicted octanol–water partition coefficient (Wildman–Crippen LogP) is 4.18. The van der Waals surface area contributed by atoms with E-state index in [4.69, 9.17) is 34.3 Å². The van der Waals surface area contributed by atoms with Crippen LogP contribution in [0.2, 0.25) is 0 Å². The molecule has 2 fully saturated rings. The lowest BCUT2D eigenvalue weighted by molar-refractivity contribution is 0.121. The summed E-state index contributed by atoms with van der Waals surface area (Å²) in [6, 6.07) is 23.5. The van der Waals surface area contributed by atoms with Gasteiger partial charge in [-0.2, -0.15) is 24.7 Å². The fraction of sp³-hybridized carbons (Fsp3) is 0.294. The molecule has 2 aliphatic heterocycles. The number of methoxy groups -OCH3 is 1. The highest BCUT2D eigenvalue weighted by Gasteiger charge is 2.24. The van der Waals surface area contributed by atoms with Gasteiger partial charge in [-0.1, -0.05) is 29.8 Å². The number of hydrogen-bond acceptors (Lipinski definition) is 11. The van der Waals surface area contributed by atoms with Crippen LogP contribution in [0, 0.1) is 6.92 Å². The normalized spacial score (nSPS) is 15.4. The van der Waals surface area contributed by atoms with Gasteiger partial charge < -0.3 is 24.0 Å². The summed E-state index contributed by atoms with van der Waals surface area (Å²) in [6.45, 7) is 6.95. The third-order valence-electron chi connectivity index (χ3n) is 8.24. The second kappa shape index (κ2) is 13.6. The molecule has 5 aromatic rings. The predicted molar refractivity (Wildman–Crippen MR) is 182 cm³/mol. The van der Waals surface area contributed by atoms with Crippen LogP contribution in [-0.2, 0) is 19.5 Å². The molecule has 48 heavy (non-hydrogen) atoms. The standard InChI is InChI=1S/C34H36N8O5S/c1-24-3-13-29(14-4-24)48(43,44)39-27-9-5-25(6-10-27)30-23-31(26-7-11-28(45-2)12-8-26)42(38-30)34-36-32(40-15-19-46-20-16-40)35-33(37-34)41-17-21-47-22-18-41/h3-14,23,39H,15-22H2,1-2H3. The molecule has 7 rings (SSSR count). The van der Waals surface area contributed by atoms with E-state index in [1.54, 1.807) is 48.2 Å². The molecular formula is C34H36N8O5S. The fourth-order valence-electron chi connectivity index (χ4n) is 5.53. The molecule has 2 aliphatic rings. The van der Waals surface area contributed by atoms with Gasteiger partial charge in [-0.05, 0) is 61.5 Å². The number of aryl methyl sites for hydroxylation is 1. The summed E-state index contributed by atoms with van der Waals surface area (Å²) >= 11 is 0. The summed E-state index contributed by atoms with van der Waals surface area (Å²) in [6.07, 6.45) is 0. The highest BCUT2D eigenvalue weighted by Crippen LogP contribution is 2.31. The second-order valence-electron chi connectivity index (χ2n) is 11.5. The molecule has 4 heterocycles. The first-order valence-corrected chi connectivity index (χ1v) is 17.2. The third-order valence-corrected chi connectivity index (χ3v) is 9.63. The van der Waals surface area contributed by atoms with Crippen molar-refractivity contribution < 1.29 is 22.6 Å². The number of benzene rings is 3. The van der Waals surface area contributed by atoms with Gasteiger partial charge in [0.1, 0.15) is 5.75 Å². The van der Waals surface area contributed by atoms with Gasteiger partial charge in [0.15, 0.2) is 0 Å². The van der Waals surface area contributed by atoms with Gasteiger partial charge in [-0.3, -0.25) is 4.72 Å². The molecule has 13 nitrogen and oxygen atoms in total. The molecule has 248 valence electrons. The van der Waals surface area contributed by atoms with Crippen molar-refractivity contribution in [2.24, 2.45) is 0 Å². The lowest BCUT2D eigenvalue weighted by Gasteiger charge is -2.30. The summed E-state index contributed by atoms with van der Waals surface area (Å²) in [4.78, 5) is 19.1. The lowest BCUT2D eigenvalue weighted by Crippen LogP contribution is -2.40. The van der Waals surface area contributed by atoms with E-state index in [0.29, 0.717) is 81.8 Å². The van der Waals surface area contributed by atoms with Crippen LogP contribution in [0.3, 0.4) is 0 Å². The van der Waals surface area contributed by atoms with Gasteiger partial charge in [-0.15, -0.1) is 0 Å². The van der Waals surface area contributed by atoms with Gasteiger partial charge >= 0.3 is 0 Å². The first-order chi connectivity index (χ1) is 23.4. The molecule has 0 unspecified atom stereocenters. The van der Waals surface area contributed by atoms with Gasteiger partial charge in [0, 0.05) is 43.0 Å². The van der Waals surface area contributed by atoms with Gasteiger partial charge in [-0.25, -0.2) is 8.42 Å². The number of rotatable bonds is 9. The van der Waals surface area contributed by atoms with Crippen LogP contribution >= 0.6 is 0 Å². The molecule has 0 bridgehead atoms. The monoisotopic (exact) mass is 668 g/mol. The molecule has 3 aromatic carbocycles. The second-order valence-corrected chi connectivity index (χ2v) is 13.2. The largest absolute Gasteiger partial charge is 0.497 e. The summed E-state index contributed by atoms with van der Waals surface area (Å²) in [7, 11) is -2.11. The number of anilines is 3. The molecule has 0 saturated carbocycles. The quantitative estimate of drug-likeness (QED) is 0.242. The van der Waals surface area contributed by atoms with E-state index in [1.165, 1.54) is 0 Å². The van der Waals surface area contributed by atoms with Crippen molar-refractivity contribution in [3.63, 3.8) is 0 Å². The van der Waals surface area contributed by atoms with Crippen molar-refractivity contribution in [1.29, 1.82) is 0 Å². The van der Waals surface area contributed by atoms with Crippen molar-refractivity contribution in [3.05, 3.63) is 84.4 Å². The molecule has 2 aromatic heterocycles. The van der Waals surface area contributed by atoms with E-state index in [1.807, 2.05) is 49.4 Å². The molecule has 0 atom stereocenters. The summed E-state index contributed by atoms with van der Waals surface area (Å²) < 4.78 is 46.9. The minimum atomic E-state index is -3.74. The first kappa shape index (κ1) is 31.5. The van der Waals surface area contributed by atoms with Crippen molar-refractivity contribution in [2.75, 3.05) is 74.2 Å². The maximum Gasteiger partial charge on any atom is 0.261 e. The number of morpholine rings is 2. The molecule has 14 heteroatoms. The van der Waals surface area contributed by atoms with Crippen LogP contribution < -0.4 is 19.3 Å². The maximum atomic E-state index is 13.0. The smallest absolute Gasteiger partial charge is 0.261 e. The van der Waals surface area contributed by atoms with E-state index in [0.717, 1.165) is 28.1 Å². The average Bonchev–Trinajstić information content (AvgIpc) is 3.58. The number of hydrogen-bond donors (Lipinski definition) is 1.